The SMILES string of the molecule is Cc1ccc(C)c(OCc2cc(Cl)ccn2)c1C. The monoisotopic (exact) mass is 261 g/mol. The Hall–Kier alpha value is -1.54. The van der Waals surface area contributed by atoms with E-state index in [1.165, 1.54) is 11.1 Å². The highest BCUT2D eigenvalue weighted by Gasteiger charge is 2.07. The van der Waals surface area contributed by atoms with Gasteiger partial charge in [-0.2, -0.15) is 0 Å². The Bertz CT molecular complexity index is 566. The van der Waals surface area contributed by atoms with Gasteiger partial charge in [-0.25, -0.2) is 0 Å². The fourth-order valence-electron chi connectivity index (χ4n) is 1.82. The zero-order valence-corrected chi connectivity index (χ0v) is 11.6. The highest BCUT2D eigenvalue weighted by Crippen LogP contribution is 2.26. The molecule has 1 heterocycles. The number of halogens is 1. The molecule has 0 fully saturated rings. The summed E-state index contributed by atoms with van der Waals surface area (Å²) in [6, 6.07) is 7.76. The van der Waals surface area contributed by atoms with Crippen LogP contribution in [-0.4, -0.2) is 4.98 Å². The average molecular weight is 262 g/mol. The Morgan fingerprint density at radius 3 is 2.56 bits per heavy atom. The number of aromatic nitrogens is 1. The van der Waals surface area contributed by atoms with Crippen molar-refractivity contribution in [3.05, 3.63) is 57.9 Å². The van der Waals surface area contributed by atoms with E-state index >= 15 is 0 Å². The first-order chi connectivity index (χ1) is 8.58. The third-order valence-electron chi connectivity index (χ3n) is 3.02. The van der Waals surface area contributed by atoms with Crippen molar-refractivity contribution in [3.63, 3.8) is 0 Å². The van der Waals surface area contributed by atoms with Crippen molar-refractivity contribution in [3.8, 4) is 5.75 Å². The van der Waals surface area contributed by atoms with Crippen molar-refractivity contribution in [1.82, 2.24) is 4.98 Å². The third-order valence-corrected chi connectivity index (χ3v) is 3.25. The maximum absolute atomic E-state index is 5.92. The van der Waals surface area contributed by atoms with Gasteiger partial charge in [0, 0.05) is 11.2 Å². The van der Waals surface area contributed by atoms with Crippen LogP contribution in [0.2, 0.25) is 5.02 Å². The number of benzene rings is 1. The van der Waals surface area contributed by atoms with Crippen LogP contribution in [0.1, 0.15) is 22.4 Å². The molecule has 0 bridgehead atoms. The number of aryl methyl sites for hydroxylation is 2. The van der Waals surface area contributed by atoms with Gasteiger partial charge in [-0.1, -0.05) is 23.7 Å². The van der Waals surface area contributed by atoms with Crippen LogP contribution in [-0.2, 0) is 6.61 Å². The van der Waals surface area contributed by atoms with Crippen LogP contribution < -0.4 is 4.74 Å². The minimum atomic E-state index is 0.436. The van der Waals surface area contributed by atoms with E-state index in [1.54, 1.807) is 12.3 Å². The number of nitrogens with zero attached hydrogens (tertiary/aromatic N) is 1. The van der Waals surface area contributed by atoms with Crippen LogP contribution in [0.15, 0.2) is 30.5 Å². The minimum absolute atomic E-state index is 0.436. The summed E-state index contributed by atoms with van der Waals surface area (Å²) < 4.78 is 5.87. The van der Waals surface area contributed by atoms with Crippen LogP contribution in [0.25, 0.3) is 0 Å². The van der Waals surface area contributed by atoms with Gasteiger partial charge >= 0.3 is 0 Å². The number of rotatable bonds is 3. The van der Waals surface area contributed by atoms with Gasteiger partial charge in [-0.3, -0.25) is 4.98 Å². The van der Waals surface area contributed by atoms with E-state index < -0.39 is 0 Å². The molecule has 3 heteroatoms. The van der Waals surface area contributed by atoms with Crippen molar-refractivity contribution in [2.45, 2.75) is 27.4 Å². The predicted octanol–water partition coefficient (Wildman–Crippen LogP) is 4.24. The highest BCUT2D eigenvalue weighted by molar-refractivity contribution is 6.30. The minimum Gasteiger partial charge on any atom is -0.487 e. The fraction of sp³-hybridized carbons (Fsp3) is 0.267. The lowest BCUT2D eigenvalue weighted by atomic mass is 10.1. The molecule has 0 unspecified atom stereocenters. The fourth-order valence-corrected chi connectivity index (χ4v) is 2.00. The first-order valence-electron chi connectivity index (χ1n) is 5.88. The average Bonchev–Trinajstić information content (AvgIpc) is 2.34. The number of hydrogen-bond acceptors (Lipinski definition) is 2. The summed E-state index contributed by atoms with van der Waals surface area (Å²) >= 11 is 5.92. The van der Waals surface area contributed by atoms with E-state index in [-0.39, 0.29) is 0 Å². The normalized spacial score (nSPS) is 10.4. The second-order valence-electron chi connectivity index (χ2n) is 4.41. The molecule has 18 heavy (non-hydrogen) atoms. The summed E-state index contributed by atoms with van der Waals surface area (Å²) in [6.45, 7) is 6.64. The Labute approximate surface area is 113 Å². The summed E-state index contributed by atoms with van der Waals surface area (Å²) in [5.74, 6) is 0.941. The number of hydrogen-bond donors (Lipinski definition) is 0. The molecule has 0 atom stereocenters. The summed E-state index contributed by atoms with van der Waals surface area (Å²) in [7, 11) is 0. The zero-order valence-electron chi connectivity index (χ0n) is 10.8. The van der Waals surface area contributed by atoms with Crippen LogP contribution in [0.5, 0.6) is 5.75 Å². The molecule has 2 nitrogen and oxygen atoms in total. The van der Waals surface area contributed by atoms with Gasteiger partial charge in [0.15, 0.2) is 0 Å². The molecule has 0 N–H and O–H groups in total. The van der Waals surface area contributed by atoms with Crippen LogP contribution in [0.3, 0.4) is 0 Å². The Kier molecular flexibility index (Phi) is 3.87. The van der Waals surface area contributed by atoms with Gasteiger partial charge in [-0.05, 0) is 49.6 Å². The molecule has 2 rings (SSSR count). The molecule has 0 aliphatic heterocycles. The van der Waals surface area contributed by atoms with Gasteiger partial charge in [0.2, 0.25) is 0 Å². The van der Waals surface area contributed by atoms with Gasteiger partial charge in [-0.15, -0.1) is 0 Å². The maximum atomic E-state index is 5.92. The summed E-state index contributed by atoms with van der Waals surface area (Å²) in [4.78, 5) is 4.23. The molecular formula is C15H16ClNO. The van der Waals surface area contributed by atoms with Gasteiger partial charge in [0.1, 0.15) is 12.4 Å². The molecule has 1 aromatic heterocycles. The Morgan fingerprint density at radius 2 is 1.83 bits per heavy atom. The van der Waals surface area contributed by atoms with Crippen molar-refractivity contribution in [2.75, 3.05) is 0 Å². The van der Waals surface area contributed by atoms with Crippen molar-refractivity contribution >= 4 is 11.6 Å². The van der Waals surface area contributed by atoms with E-state index in [4.69, 9.17) is 16.3 Å². The number of pyridine rings is 1. The van der Waals surface area contributed by atoms with Crippen molar-refractivity contribution in [2.24, 2.45) is 0 Å². The predicted molar refractivity (Wildman–Crippen MR) is 74.2 cm³/mol. The molecule has 0 saturated carbocycles. The van der Waals surface area contributed by atoms with E-state index in [0.29, 0.717) is 11.6 Å². The summed E-state index contributed by atoms with van der Waals surface area (Å²) in [5, 5.41) is 0.682. The Balaban J connectivity index is 2.18. The third kappa shape index (κ3) is 2.82. The Morgan fingerprint density at radius 1 is 1.11 bits per heavy atom. The molecule has 2 aromatic rings. The van der Waals surface area contributed by atoms with Gasteiger partial charge in [0.25, 0.3) is 0 Å². The first kappa shape index (κ1) is 12.9. The van der Waals surface area contributed by atoms with Gasteiger partial charge < -0.3 is 4.74 Å². The second kappa shape index (κ2) is 5.40. The van der Waals surface area contributed by atoms with E-state index in [2.05, 4.69) is 31.0 Å². The molecule has 0 saturated heterocycles. The zero-order chi connectivity index (χ0) is 13.1. The topological polar surface area (TPSA) is 22.1 Å². The summed E-state index contributed by atoms with van der Waals surface area (Å²) in [6.07, 6.45) is 1.69. The van der Waals surface area contributed by atoms with Gasteiger partial charge in [0.05, 0.1) is 5.69 Å². The standard InChI is InChI=1S/C15H16ClNO/c1-10-4-5-11(2)15(12(10)3)18-9-14-8-13(16)6-7-17-14/h4-8H,9H2,1-3H3. The lowest BCUT2D eigenvalue weighted by Gasteiger charge is -2.13. The lowest BCUT2D eigenvalue weighted by Crippen LogP contribution is -2.01. The van der Waals surface area contributed by atoms with Crippen molar-refractivity contribution in [1.29, 1.82) is 0 Å². The molecule has 1 aromatic carbocycles. The molecule has 0 spiro atoms. The molecule has 0 radical (unpaired) electrons. The molecule has 0 aliphatic rings. The molecule has 94 valence electrons. The van der Waals surface area contributed by atoms with Crippen LogP contribution in [0.4, 0.5) is 0 Å². The largest absolute Gasteiger partial charge is 0.487 e. The molecule has 0 aliphatic carbocycles. The number of ether oxygens (including phenoxy) is 1. The smallest absolute Gasteiger partial charge is 0.130 e. The second-order valence-corrected chi connectivity index (χ2v) is 4.84. The molecule has 0 amide bonds. The van der Waals surface area contributed by atoms with Crippen LogP contribution in [0, 0.1) is 20.8 Å². The summed E-state index contributed by atoms with van der Waals surface area (Å²) in [5.41, 5.74) is 4.38. The van der Waals surface area contributed by atoms with E-state index in [0.717, 1.165) is 17.0 Å². The van der Waals surface area contributed by atoms with E-state index in [9.17, 15) is 0 Å². The van der Waals surface area contributed by atoms with Crippen LogP contribution >= 0.6 is 11.6 Å². The highest BCUT2D eigenvalue weighted by atomic mass is 35.5. The quantitative estimate of drug-likeness (QED) is 0.825. The maximum Gasteiger partial charge on any atom is 0.130 e. The molecular weight excluding hydrogens is 246 g/mol. The lowest BCUT2D eigenvalue weighted by molar-refractivity contribution is 0.297. The van der Waals surface area contributed by atoms with E-state index in [1.807, 2.05) is 13.0 Å². The van der Waals surface area contributed by atoms with Crippen molar-refractivity contribution < 1.29 is 4.74 Å². The first-order valence-corrected chi connectivity index (χ1v) is 6.26.